The van der Waals surface area contributed by atoms with Crippen molar-refractivity contribution in [2.24, 2.45) is 0 Å². The maximum absolute atomic E-state index is 13.7. The predicted molar refractivity (Wildman–Crippen MR) is 76.5 cm³/mol. The van der Waals surface area contributed by atoms with E-state index in [1.807, 2.05) is 18.2 Å². The van der Waals surface area contributed by atoms with E-state index in [2.05, 4.69) is 10.1 Å². The van der Waals surface area contributed by atoms with Crippen molar-refractivity contribution in [1.29, 1.82) is 0 Å². The summed E-state index contributed by atoms with van der Waals surface area (Å²) in [6.45, 7) is 0.405. The van der Waals surface area contributed by atoms with E-state index in [1.165, 1.54) is 19.2 Å². The van der Waals surface area contributed by atoms with Crippen LogP contribution in [0.4, 0.5) is 10.1 Å². The van der Waals surface area contributed by atoms with Crippen LogP contribution in [0.25, 0.3) is 0 Å². The topological polar surface area (TPSA) is 38.3 Å². The minimum atomic E-state index is -0.687. The fourth-order valence-corrected chi connectivity index (χ4v) is 1.95. The molecular weight excluding hydrogens is 281 g/mol. The Morgan fingerprint density at radius 2 is 2.05 bits per heavy atom. The van der Waals surface area contributed by atoms with Gasteiger partial charge in [-0.05, 0) is 29.8 Å². The Labute approximate surface area is 121 Å². The number of para-hydroxylation sites is 1. The fraction of sp³-hybridized carbons (Fsp3) is 0.133. The van der Waals surface area contributed by atoms with Gasteiger partial charge in [0.15, 0.2) is 0 Å². The van der Waals surface area contributed by atoms with Crippen molar-refractivity contribution in [2.45, 2.75) is 6.54 Å². The summed E-state index contributed by atoms with van der Waals surface area (Å²) < 4.78 is 18.2. The third-order valence-corrected chi connectivity index (χ3v) is 3.13. The normalized spacial score (nSPS) is 10.2. The zero-order valence-corrected chi connectivity index (χ0v) is 11.6. The van der Waals surface area contributed by atoms with Crippen LogP contribution >= 0.6 is 11.6 Å². The molecule has 0 aliphatic rings. The van der Waals surface area contributed by atoms with Crippen LogP contribution in [-0.2, 0) is 11.3 Å². The Balaban J connectivity index is 2.10. The summed E-state index contributed by atoms with van der Waals surface area (Å²) in [5.41, 5.74) is 1.40. The fourth-order valence-electron chi connectivity index (χ4n) is 1.75. The molecule has 0 bridgehead atoms. The molecule has 0 aromatic heterocycles. The van der Waals surface area contributed by atoms with Crippen molar-refractivity contribution >= 4 is 23.3 Å². The van der Waals surface area contributed by atoms with Gasteiger partial charge in [0.2, 0.25) is 0 Å². The summed E-state index contributed by atoms with van der Waals surface area (Å²) in [6.07, 6.45) is 0. The lowest BCUT2D eigenvalue weighted by Gasteiger charge is -2.09. The van der Waals surface area contributed by atoms with Gasteiger partial charge in [0.05, 0.1) is 23.4 Å². The van der Waals surface area contributed by atoms with Gasteiger partial charge in [-0.15, -0.1) is 0 Å². The number of carbonyl (C=O) groups is 1. The number of hydrogen-bond donors (Lipinski definition) is 1. The Bertz CT molecular complexity index is 631. The Kier molecular flexibility index (Phi) is 4.58. The van der Waals surface area contributed by atoms with Gasteiger partial charge < -0.3 is 10.1 Å². The van der Waals surface area contributed by atoms with E-state index >= 15 is 0 Å². The number of hydrogen-bond acceptors (Lipinski definition) is 3. The van der Waals surface area contributed by atoms with Crippen LogP contribution in [0, 0.1) is 5.82 Å². The molecule has 1 N–H and O–H groups in total. The highest BCUT2D eigenvalue weighted by molar-refractivity contribution is 6.33. The molecule has 104 valence electrons. The molecule has 0 spiro atoms. The molecule has 0 unspecified atom stereocenters. The predicted octanol–water partition coefficient (Wildman–Crippen LogP) is 3.88. The van der Waals surface area contributed by atoms with Gasteiger partial charge in [0, 0.05) is 6.54 Å². The lowest BCUT2D eigenvalue weighted by Crippen LogP contribution is -2.06. The van der Waals surface area contributed by atoms with E-state index in [-0.39, 0.29) is 5.56 Å². The zero-order chi connectivity index (χ0) is 14.5. The number of methoxy groups -OCH3 is 1. The van der Waals surface area contributed by atoms with Crippen molar-refractivity contribution < 1.29 is 13.9 Å². The number of benzene rings is 2. The Hall–Kier alpha value is -2.07. The molecule has 2 rings (SSSR count). The second-order valence-electron chi connectivity index (χ2n) is 4.14. The van der Waals surface area contributed by atoms with Crippen molar-refractivity contribution in [2.75, 3.05) is 12.4 Å². The van der Waals surface area contributed by atoms with E-state index in [0.717, 1.165) is 5.69 Å². The van der Waals surface area contributed by atoms with Crippen LogP contribution in [0.15, 0.2) is 42.5 Å². The number of ether oxygens (including phenoxy) is 1. The standard InChI is InChI=1S/C15H13ClFNO2/c1-20-15(19)11-7-6-10(8-13(11)17)9-18-14-5-3-2-4-12(14)16/h2-8,18H,9H2,1H3. The third-order valence-electron chi connectivity index (χ3n) is 2.80. The summed E-state index contributed by atoms with van der Waals surface area (Å²) in [6, 6.07) is 11.7. The summed E-state index contributed by atoms with van der Waals surface area (Å²) in [7, 11) is 1.22. The first-order valence-corrected chi connectivity index (χ1v) is 6.34. The number of halogens is 2. The van der Waals surface area contributed by atoms with Gasteiger partial charge in [0.25, 0.3) is 0 Å². The van der Waals surface area contributed by atoms with Crippen molar-refractivity contribution in [3.05, 3.63) is 64.4 Å². The van der Waals surface area contributed by atoms with Crippen molar-refractivity contribution in [3.8, 4) is 0 Å². The molecule has 0 saturated carbocycles. The SMILES string of the molecule is COC(=O)c1ccc(CNc2ccccc2Cl)cc1F. The van der Waals surface area contributed by atoms with E-state index < -0.39 is 11.8 Å². The smallest absolute Gasteiger partial charge is 0.340 e. The Morgan fingerprint density at radius 3 is 2.70 bits per heavy atom. The quantitative estimate of drug-likeness (QED) is 0.870. The van der Waals surface area contributed by atoms with Gasteiger partial charge in [-0.1, -0.05) is 29.8 Å². The van der Waals surface area contributed by atoms with Gasteiger partial charge in [0.1, 0.15) is 5.82 Å². The van der Waals surface area contributed by atoms with Crippen molar-refractivity contribution in [3.63, 3.8) is 0 Å². The summed E-state index contributed by atoms with van der Waals surface area (Å²) in [4.78, 5) is 11.3. The van der Waals surface area contributed by atoms with Crippen molar-refractivity contribution in [1.82, 2.24) is 0 Å². The van der Waals surface area contributed by atoms with Crippen LogP contribution in [0.2, 0.25) is 5.02 Å². The van der Waals surface area contributed by atoms with Gasteiger partial charge in [-0.3, -0.25) is 0 Å². The molecule has 0 fully saturated rings. The summed E-state index contributed by atoms with van der Waals surface area (Å²) in [5, 5.41) is 3.70. The number of esters is 1. The summed E-state index contributed by atoms with van der Waals surface area (Å²) in [5.74, 6) is -1.29. The molecule has 0 saturated heterocycles. The molecule has 3 nitrogen and oxygen atoms in total. The van der Waals surface area contributed by atoms with Gasteiger partial charge in [-0.2, -0.15) is 0 Å². The van der Waals surface area contributed by atoms with E-state index in [9.17, 15) is 9.18 Å². The minimum Gasteiger partial charge on any atom is -0.465 e. The molecule has 20 heavy (non-hydrogen) atoms. The van der Waals surface area contributed by atoms with Crippen LogP contribution < -0.4 is 5.32 Å². The molecule has 0 amide bonds. The molecule has 0 radical (unpaired) electrons. The molecule has 0 aliphatic carbocycles. The van der Waals surface area contributed by atoms with Gasteiger partial charge in [-0.25, -0.2) is 9.18 Å². The lowest BCUT2D eigenvalue weighted by atomic mass is 10.1. The summed E-state index contributed by atoms with van der Waals surface area (Å²) >= 11 is 6.01. The highest BCUT2D eigenvalue weighted by atomic mass is 35.5. The molecule has 2 aromatic rings. The van der Waals surface area contributed by atoms with Gasteiger partial charge >= 0.3 is 5.97 Å². The first-order valence-electron chi connectivity index (χ1n) is 5.97. The molecule has 0 aliphatic heterocycles. The minimum absolute atomic E-state index is 0.0750. The maximum atomic E-state index is 13.7. The number of rotatable bonds is 4. The monoisotopic (exact) mass is 293 g/mol. The van der Waals surface area contributed by atoms with E-state index in [1.54, 1.807) is 12.1 Å². The second kappa shape index (κ2) is 6.39. The highest BCUT2D eigenvalue weighted by Gasteiger charge is 2.12. The molecular formula is C15H13ClFNO2. The largest absolute Gasteiger partial charge is 0.465 e. The Morgan fingerprint density at radius 1 is 1.30 bits per heavy atom. The highest BCUT2D eigenvalue weighted by Crippen LogP contribution is 2.21. The molecule has 2 aromatic carbocycles. The number of anilines is 1. The number of nitrogens with one attached hydrogen (secondary N) is 1. The van der Waals surface area contributed by atoms with E-state index in [4.69, 9.17) is 11.6 Å². The van der Waals surface area contributed by atoms with Crippen LogP contribution in [-0.4, -0.2) is 13.1 Å². The molecule has 0 heterocycles. The third kappa shape index (κ3) is 3.27. The molecule has 0 atom stereocenters. The maximum Gasteiger partial charge on any atom is 0.340 e. The first kappa shape index (κ1) is 14.3. The number of carbonyl (C=O) groups excluding carboxylic acids is 1. The second-order valence-corrected chi connectivity index (χ2v) is 4.55. The van der Waals surface area contributed by atoms with Crippen LogP contribution in [0.5, 0.6) is 0 Å². The lowest BCUT2D eigenvalue weighted by molar-refractivity contribution is 0.0595. The zero-order valence-electron chi connectivity index (χ0n) is 10.8. The molecule has 5 heteroatoms. The first-order chi connectivity index (χ1) is 9.61. The average Bonchev–Trinajstić information content (AvgIpc) is 2.46. The average molecular weight is 294 g/mol. The van der Waals surface area contributed by atoms with Crippen LogP contribution in [0.3, 0.4) is 0 Å². The van der Waals surface area contributed by atoms with Crippen LogP contribution in [0.1, 0.15) is 15.9 Å². The van der Waals surface area contributed by atoms with E-state index in [0.29, 0.717) is 17.1 Å².